The van der Waals surface area contributed by atoms with Crippen LogP contribution in [0.3, 0.4) is 0 Å². The number of nitrogens with one attached hydrogen (secondary N) is 1. The van der Waals surface area contributed by atoms with Crippen molar-refractivity contribution in [2.75, 3.05) is 16.7 Å². The van der Waals surface area contributed by atoms with Gasteiger partial charge in [0, 0.05) is 23.7 Å². The normalized spacial score (nSPS) is 11.2. The maximum absolute atomic E-state index is 12.9. The van der Waals surface area contributed by atoms with E-state index in [2.05, 4.69) is 10.4 Å². The molecule has 0 aliphatic rings. The fourth-order valence-electron chi connectivity index (χ4n) is 3.23. The van der Waals surface area contributed by atoms with Crippen molar-refractivity contribution in [3.8, 4) is 0 Å². The van der Waals surface area contributed by atoms with Crippen molar-refractivity contribution in [3.63, 3.8) is 0 Å². The molecule has 1 amide bonds. The fraction of sp³-hybridized carbons (Fsp3) is 0.0833. The van der Waals surface area contributed by atoms with Gasteiger partial charge < -0.3 is 5.32 Å². The topological polar surface area (TPSA) is 84.3 Å². The molecule has 0 unspecified atom stereocenters. The van der Waals surface area contributed by atoms with E-state index in [1.165, 1.54) is 35.6 Å². The van der Waals surface area contributed by atoms with E-state index >= 15 is 0 Å². The molecule has 4 aromatic rings. The molecule has 0 saturated heterocycles. The molecule has 3 aromatic carbocycles. The number of anilines is 2. The van der Waals surface area contributed by atoms with Crippen molar-refractivity contribution in [1.82, 2.24) is 9.78 Å². The standard InChI is InChI=1S/C24H21ClN4O3S/c1-28(21-5-3-2-4-6-21)33(31,32)22-13-9-19(10-14-22)24(30)27-23-15-16-26-29(23)17-18-7-11-20(25)12-8-18/h2-16H,17H2,1H3,(H,27,30). The van der Waals surface area contributed by atoms with Crippen LogP contribution in [0.15, 0.2) is 96.0 Å². The highest BCUT2D eigenvalue weighted by molar-refractivity contribution is 7.92. The van der Waals surface area contributed by atoms with Gasteiger partial charge in [0.2, 0.25) is 0 Å². The van der Waals surface area contributed by atoms with Crippen LogP contribution in [0.25, 0.3) is 0 Å². The van der Waals surface area contributed by atoms with Crippen LogP contribution < -0.4 is 9.62 Å². The van der Waals surface area contributed by atoms with E-state index in [0.717, 1.165) is 5.56 Å². The Bertz CT molecular complexity index is 1350. The smallest absolute Gasteiger partial charge is 0.264 e. The molecule has 9 heteroatoms. The van der Waals surface area contributed by atoms with Gasteiger partial charge >= 0.3 is 0 Å². The van der Waals surface area contributed by atoms with Crippen molar-refractivity contribution in [2.45, 2.75) is 11.4 Å². The Morgan fingerprint density at radius 3 is 2.30 bits per heavy atom. The number of rotatable bonds is 7. The Kier molecular flexibility index (Phi) is 6.48. The Morgan fingerprint density at radius 2 is 1.64 bits per heavy atom. The summed E-state index contributed by atoms with van der Waals surface area (Å²) < 4.78 is 28.7. The third kappa shape index (κ3) is 5.08. The van der Waals surface area contributed by atoms with Gasteiger partial charge in [0.1, 0.15) is 5.82 Å². The van der Waals surface area contributed by atoms with E-state index in [9.17, 15) is 13.2 Å². The Morgan fingerprint density at radius 1 is 0.970 bits per heavy atom. The first-order valence-electron chi connectivity index (χ1n) is 10.1. The largest absolute Gasteiger partial charge is 0.307 e. The minimum atomic E-state index is -3.75. The molecule has 0 spiro atoms. The van der Waals surface area contributed by atoms with Gasteiger partial charge in [-0.05, 0) is 54.1 Å². The quantitative estimate of drug-likeness (QED) is 0.417. The number of hydrogen-bond acceptors (Lipinski definition) is 4. The molecule has 1 N–H and O–H groups in total. The molecule has 0 fully saturated rings. The van der Waals surface area contributed by atoms with Crippen LogP contribution in [0, 0.1) is 0 Å². The summed E-state index contributed by atoms with van der Waals surface area (Å²) >= 11 is 5.93. The lowest BCUT2D eigenvalue weighted by Crippen LogP contribution is -2.26. The highest BCUT2D eigenvalue weighted by Gasteiger charge is 2.21. The summed E-state index contributed by atoms with van der Waals surface area (Å²) in [6, 6.07) is 23.7. The zero-order valence-electron chi connectivity index (χ0n) is 17.7. The lowest BCUT2D eigenvalue weighted by Gasteiger charge is -2.19. The van der Waals surface area contributed by atoms with E-state index in [4.69, 9.17) is 11.6 Å². The monoisotopic (exact) mass is 480 g/mol. The molecule has 4 rings (SSSR count). The van der Waals surface area contributed by atoms with Crippen LogP contribution in [-0.4, -0.2) is 31.2 Å². The first-order valence-corrected chi connectivity index (χ1v) is 11.9. The number of aromatic nitrogens is 2. The zero-order valence-corrected chi connectivity index (χ0v) is 19.3. The molecular formula is C24H21ClN4O3S. The highest BCUT2D eigenvalue weighted by Crippen LogP contribution is 2.22. The number of carbonyl (C=O) groups excluding carboxylic acids is 1. The van der Waals surface area contributed by atoms with Gasteiger partial charge in [-0.25, -0.2) is 13.1 Å². The Hall–Kier alpha value is -3.62. The molecule has 0 bridgehead atoms. The van der Waals surface area contributed by atoms with Gasteiger partial charge in [0.25, 0.3) is 15.9 Å². The second-order valence-corrected chi connectivity index (χ2v) is 9.69. The predicted molar refractivity (Wildman–Crippen MR) is 129 cm³/mol. The number of amides is 1. The first-order chi connectivity index (χ1) is 15.8. The van der Waals surface area contributed by atoms with Gasteiger partial charge in [0.15, 0.2) is 0 Å². The fourth-order valence-corrected chi connectivity index (χ4v) is 4.55. The van der Waals surface area contributed by atoms with Crippen LogP contribution in [0.2, 0.25) is 5.02 Å². The number of benzene rings is 3. The summed E-state index contributed by atoms with van der Waals surface area (Å²) in [5.41, 5.74) is 1.86. The van der Waals surface area contributed by atoms with Crippen molar-refractivity contribution < 1.29 is 13.2 Å². The van der Waals surface area contributed by atoms with Crippen molar-refractivity contribution in [1.29, 1.82) is 0 Å². The number of sulfonamides is 1. The Balaban J connectivity index is 1.47. The van der Waals surface area contributed by atoms with E-state index < -0.39 is 10.0 Å². The van der Waals surface area contributed by atoms with E-state index in [1.807, 2.05) is 18.2 Å². The number of carbonyl (C=O) groups is 1. The van der Waals surface area contributed by atoms with Crippen molar-refractivity contribution in [2.24, 2.45) is 0 Å². The van der Waals surface area contributed by atoms with E-state index in [0.29, 0.717) is 28.6 Å². The molecule has 7 nitrogen and oxygen atoms in total. The Labute approximate surface area is 197 Å². The minimum absolute atomic E-state index is 0.0955. The molecule has 0 aliphatic heterocycles. The van der Waals surface area contributed by atoms with Crippen LogP contribution in [0.4, 0.5) is 11.5 Å². The van der Waals surface area contributed by atoms with E-state index in [-0.39, 0.29) is 10.8 Å². The summed E-state index contributed by atoms with van der Waals surface area (Å²) in [4.78, 5) is 12.8. The molecular weight excluding hydrogens is 460 g/mol. The zero-order chi connectivity index (χ0) is 23.4. The second-order valence-electron chi connectivity index (χ2n) is 7.29. The lowest BCUT2D eigenvalue weighted by atomic mass is 10.2. The highest BCUT2D eigenvalue weighted by atomic mass is 35.5. The summed E-state index contributed by atoms with van der Waals surface area (Å²) in [5.74, 6) is 0.156. The molecule has 0 aliphatic carbocycles. The van der Waals surface area contributed by atoms with E-state index in [1.54, 1.807) is 53.3 Å². The summed E-state index contributed by atoms with van der Waals surface area (Å²) in [7, 11) is -2.26. The maximum atomic E-state index is 12.9. The van der Waals surface area contributed by atoms with Crippen molar-refractivity contribution in [3.05, 3.63) is 107 Å². The third-order valence-corrected chi connectivity index (χ3v) is 7.15. The molecule has 0 atom stereocenters. The van der Waals surface area contributed by atoms with Crippen LogP contribution in [0.5, 0.6) is 0 Å². The number of nitrogens with zero attached hydrogens (tertiary/aromatic N) is 3. The molecule has 0 radical (unpaired) electrons. The molecule has 168 valence electrons. The average Bonchev–Trinajstić information content (AvgIpc) is 3.27. The molecule has 0 saturated carbocycles. The van der Waals surface area contributed by atoms with Gasteiger partial charge in [-0.1, -0.05) is 41.9 Å². The maximum Gasteiger partial charge on any atom is 0.264 e. The summed E-state index contributed by atoms with van der Waals surface area (Å²) in [6.45, 7) is 0.461. The second kappa shape index (κ2) is 9.48. The third-order valence-electron chi connectivity index (χ3n) is 5.10. The van der Waals surface area contributed by atoms with Gasteiger partial charge in [0.05, 0.1) is 23.3 Å². The van der Waals surface area contributed by atoms with Gasteiger partial charge in [-0.15, -0.1) is 0 Å². The SMILES string of the molecule is CN(c1ccccc1)S(=O)(=O)c1ccc(C(=O)Nc2ccnn2Cc2ccc(Cl)cc2)cc1. The van der Waals surface area contributed by atoms with Crippen LogP contribution >= 0.6 is 11.6 Å². The average molecular weight is 481 g/mol. The molecule has 33 heavy (non-hydrogen) atoms. The van der Waals surface area contributed by atoms with Gasteiger partial charge in [-0.3, -0.25) is 9.10 Å². The van der Waals surface area contributed by atoms with Crippen LogP contribution in [0.1, 0.15) is 15.9 Å². The molecule has 1 aromatic heterocycles. The van der Waals surface area contributed by atoms with Gasteiger partial charge in [-0.2, -0.15) is 5.10 Å². The summed E-state index contributed by atoms with van der Waals surface area (Å²) in [5, 5.41) is 7.73. The molecule has 1 heterocycles. The number of halogens is 1. The predicted octanol–water partition coefficient (Wildman–Crippen LogP) is 4.66. The van der Waals surface area contributed by atoms with Crippen LogP contribution in [-0.2, 0) is 16.6 Å². The number of para-hydroxylation sites is 1. The lowest BCUT2D eigenvalue weighted by molar-refractivity contribution is 0.102. The van der Waals surface area contributed by atoms with Crippen molar-refractivity contribution >= 4 is 39.0 Å². The number of hydrogen-bond donors (Lipinski definition) is 1. The minimum Gasteiger partial charge on any atom is -0.307 e. The summed E-state index contributed by atoms with van der Waals surface area (Å²) in [6.07, 6.45) is 1.60. The first kappa shape index (κ1) is 22.6.